The van der Waals surface area contributed by atoms with Crippen molar-refractivity contribution < 1.29 is 91.4 Å². The number of carbonyl (C=O) groups is 4. The van der Waals surface area contributed by atoms with Crippen molar-refractivity contribution >= 4 is 23.8 Å². The van der Waals surface area contributed by atoms with Gasteiger partial charge >= 0.3 is 71.1 Å². The molecule has 0 aliphatic rings. The van der Waals surface area contributed by atoms with E-state index in [1.54, 1.807) is 13.8 Å². The Morgan fingerprint density at radius 3 is 1.93 bits per heavy atom. The minimum atomic E-state index is -1.30. The van der Waals surface area contributed by atoms with E-state index in [0.29, 0.717) is 5.56 Å². The normalized spacial score (nSPS) is 10.8. The number of carboxylic acids is 2. The van der Waals surface area contributed by atoms with E-state index < -0.39 is 29.7 Å². The third kappa shape index (κ3) is 9.05. The minimum Gasteiger partial charge on any atom is -1.00 e. The van der Waals surface area contributed by atoms with Crippen LogP contribution in [0.15, 0.2) is 35.4 Å². The van der Waals surface area contributed by atoms with E-state index in [4.69, 9.17) is 5.73 Å². The van der Waals surface area contributed by atoms with Crippen molar-refractivity contribution in [1.29, 1.82) is 0 Å². The van der Waals surface area contributed by atoms with Crippen molar-refractivity contribution in [2.24, 2.45) is 11.7 Å². The molecule has 0 aromatic heterocycles. The zero-order chi connectivity index (χ0) is 19.1. The van der Waals surface area contributed by atoms with E-state index in [-0.39, 0.29) is 91.6 Å². The number of amides is 2. The first-order valence-corrected chi connectivity index (χ1v) is 7.48. The first-order chi connectivity index (χ1) is 11.6. The van der Waals surface area contributed by atoms with Crippen LogP contribution in [0.4, 0.5) is 0 Å². The van der Waals surface area contributed by atoms with Crippen molar-refractivity contribution in [2.45, 2.75) is 20.3 Å². The molecule has 0 radical (unpaired) electrons. The smallest absolute Gasteiger partial charge is 1.00 e. The number of carboxylic acid groups (broad SMARTS) is 2. The van der Waals surface area contributed by atoms with Crippen molar-refractivity contribution in [3.63, 3.8) is 0 Å². The molecule has 2 amide bonds. The van der Waals surface area contributed by atoms with E-state index >= 15 is 0 Å². The fraction of sp³-hybridized carbons (Fsp3) is 0.294. The Hall–Kier alpha value is -1.16. The molecule has 0 atom stereocenters. The molecule has 0 unspecified atom stereocenters. The summed E-state index contributed by atoms with van der Waals surface area (Å²) in [5, 5.41) is 20.9. The topological polar surface area (TPSA) is 147 Å². The average molecular weight is 396 g/mol. The van der Waals surface area contributed by atoms with Gasteiger partial charge in [-0.15, -0.1) is 0 Å². The molecule has 1 rings (SSSR count). The Kier molecular flexibility index (Phi) is 13.6. The third-order valence-electron chi connectivity index (χ3n) is 3.41. The molecule has 1 aromatic rings. The number of benzene rings is 1. The Labute approximate surface area is 204 Å². The van der Waals surface area contributed by atoms with Gasteiger partial charge in [-0.25, -0.2) is 9.59 Å². The van der Waals surface area contributed by atoms with Gasteiger partial charge in [-0.2, -0.15) is 0 Å². The van der Waals surface area contributed by atoms with Crippen molar-refractivity contribution in [3.05, 3.63) is 46.5 Å². The molecule has 0 spiro atoms. The maximum atomic E-state index is 11.8. The second-order valence-electron chi connectivity index (χ2n) is 5.68. The van der Waals surface area contributed by atoms with Crippen LogP contribution in [-0.2, 0) is 20.8 Å². The van der Waals surface area contributed by atoms with Gasteiger partial charge in [0.05, 0.1) is 17.7 Å². The van der Waals surface area contributed by atoms with Crippen LogP contribution in [0.3, 0.4) is 0 Å². The average Bonchev–Trinajstić information content (AvgIpc) is 2.51. The summed E-state index contributed by atoms with van der Waals surface area (Å²) in [6.07, 6.45) is -0.0850. The van der Waals surface area contributed by atoms with Gasteiger partial charge in [-0.1, -0.05) is 26.0 Å². The number of primary amides is 1. The van der Waals surface area contributed by atoms with E-state index in [0.717, 1.165) is 0 Å². The van der Waals surface area contributed by atoms with Gasteiger partial charge < -0.3 is 24.1 Å². The Bertz CT molecular complexity index is 740. The minimum absolute atomic E-state index is 0. The van der Waals surface area contributed by atoms with E-state index in [1.165, 1.54) is 24.3 Å². The van der Waals surface area contributed by atoms with Crippen molar-refractivity contribution in [2.75, 3.05) is 6.54 Å². The molecule has 5 N–H and O–H groups in total. The fourth-order valence-electron chi connectivity index (χ4n) is 2.26. The standard InChI is InChI=1S/C17H20N2O6.2Na.2H/c1-9(2)14(17(24)25)12(16(22)23)7-10-3-5-11(6-4-10)15(21)19-8-13(18)20;;;;/h3-6,9H,7-8H2,1-2H3,(H2,18,20)(H,19,21)(H,22,23)(H,24,25);;;;/q;2*+1;2*-1/b14-12-;;;;. The third-order valence-corrected chi connectivity index (χ3v) is 3.41. The van der Waals surface area contributed by atoms with Crippen LogP contribution in [0.2, 0.25) is 0 Å². The van der Waals surface area contributed by atoms with E-state index in [9.17, 15) is 29.4 Å². The largest absolute Gasteiger partial charge is 1.00 e. The fourth-order valence-corrected chi connectivity index (χ4v) is 2.26. The molecule has 1 aromatic carbocycles. The van der Waals surface area contributed by atoms with Crippen LogP contribution in [0.1, 0.15) is 32.6 Å². The van der Waals surface area contributed by atoms with Crippen LogP contribution in [0.5, 0.6) is 0 Å². The quantitative estimate of drug-likeness (QED) is 0.255. The summed E-state index contributed by atoms with van der Waals surface area (Å²) in [6, 6.07) is 5.98. The van der Waals surface area contributed by atoms with Gasteiger partial charge in [0.2, 0.25) is 5.91 Å². The number of hydrogen-bond donors (Lipinski definition) is 4. The molecular weight excluding hydrogens is 374 g/mol. The zero-order valence-corrected chi connectivity index (χ0v) is 19.9. The van der Waals surface area contributed by atoms with Crippen molar-refractivity contribution in [1.82, 2.24) is 5.32 Å². The Morgan fingerprint density at radius 2 is 1.56 bits per heavy atom. The number of aliphatic carboxylic acids is 2. The molecule has 0 saturated carbocycles. The Balaban J connectivity index is -0.000000781. The van der Waals surface area contributed by atoms with Gasteiger partial charge in [0.1, 0.15) is 0 Å². The Morgan fingerprint density at radius 1 is 1.04 bits per heavy atom. The van der Waals surface area contributed by atoms with Gasteiger partial charge in [0.15, 0.2) is 0 Å². The summed E-state index contributed by atoms with van der Waals surface area (Å²) in [4.78, 5) is 45.2. The van der Waals surface area contributed by atoms with Crippen LogP contribution in [0, 0.1) is 5.92 Å². The maximum Gasteiger partial charge on any atom is 1.00 e. The van der Waals surface area contributed by atoms with Crippen LogP contribution in [-0.4, -0.2) is 40.5 Å². The summed E-state index contributed by atoms with van der Waals surface area (Å²) in [5.74, 6) is -4.18. The molecule has 0 aliphatic heterocycles. The summed E-state index contributed by atoms with van der Waals surface area (Å²) >= 11 is 0. The van der Waals surface area contributed by atoms with Gasteiger partial charge in [0, 0.05) is 12.0 Å². The first-order valence-electron chi connectivity index (χ1n) is 7.48. The molecule has 0 heterocycles. The van der Waals surface area contributed by atoms with Crippen LogP contribution in [0.25, 0.3) is 0 Å². The predicted octanol–water partition coefficient (Wildman–Crippen LogP) is -5.20. The number of nitrogens with two attached hydrogens (primary N) is 1. The SMILES string of the molecule is CC(C)/C(C(=O)O)=C(\Cc1ccc(C(=O)NCC(N)=O)cc1)C(=O)O.[H-].[H-].[Na+].[Na+]. The first kappa shape index (κ1) is 28.1. The molecule has 27 heavy (non-hydrogen) atoms. The van der Waals surface area contributed by atoms with Crippen LogP contribution >= 0.6 is 0 Å². The summed E-state index contributed by atoms with van der Waals surface area (Å²) < 4.78 is 0. The molecule has 0 fully saturated rings. The van der Waals surface area contributed by atoms with Gasteiger partial charge in [-0.05, 0) is 23.6 Å². The number of nitrogens with one attached hydrogen (secondary N) is 1. The number of carbonyl (C=O) groups excluding carboxylic acids is 2. The van der Waals surface area contributed by atoms with Crippen molar-refractivity contribution in [3.8, 4) is 0 Å². The molecule has 8 nitrogen and oxygen atoms in total. The summed E-state index contributed by atoms with van der Waals surface area (Å²) in [6.45, 7) is 2.93. The molecular formula is C17H22N2Na2O6. The molecule has 138 valence electrons. The second-order valence-corrected chi connectivity index (χ2v) is 5.68. The molecule has 10 heteroatoms. The molecule has 0 bridgehead atoms. The summed E-state index contributed by atoms with van der Waals surface area (Å²) in [5.41, 5.74) is 5.40. The predicted molar refractivity (Wildman–Crippen MR) is 91.0 cm³/mol. The van der Waals surface area contributed by atoms with E-state index in [2.05, 4.69) is 5.32 Å². The summed E-state index contributed by atoms with van der Waals surface area (Å²) in [7, 11) is 0. The number of hydrogen-bond acceptors (Lipinski definition) is 4. The molecule has 0 aliphatic carbocycles. The van der Waals surface area contributed by atoms with Crippen LogP contribution < -0.4 is 70.2 Å². The van der Waals surface area contributed by atoms with E-state index in [1.807, 2.05) is 0 Å². The number of rotatable bonds is 8. The monoisotopic (exact) mass is 396 g/mol. The zero-order valence-electron chi connectivity index (χ0n) is 17.9. The van der Waals surface area contributed by atoms with Gasteiger partial charge in [-0.3, -0.25) is 9.59 Å². The van der Waals surface area contributed by atoms with Gasteiger partial charge in [0.25, 0.3) is 5.91 Å². The maximum absolute atomic E-state index is 11.8. The molecule has 0 saturated heterocycles. The second kappa shape index (κ2) is 13.1.